The van der Waals surface area contributed by atoms with Gasteiger partial charge in [-0.25, -0.2) is 4.79 Å². The molecule has 0 saturated heterocycles. The van der Waals surface area contributed by atoms with Crippen molar-refractivity contribution in [3.63, 3.8) is 0 Å². The fourth-order valence-electron chi connectivity index (χ4n) is 1.40. The lowest BCUT2D eigenvalue weighted by Crippen LogP contribution is -2.38. The van der Waals surface area contributed by atoms with Crippen LogP contribution in [0.3, 0.4) is 0 Å². The van der Waals surface area contributed by atoms with E-state index in [1.807, 2.05) is 0 Å². The van der Waals surface area contributed by atoms with Gasteiger partial charge < -0.3 is 9.73 Å². The van der Waals surface area contributed by atoms with Crippen molar-refractivity contribution in [1.29, 1.82) is 0 Å². The molecule has 1 aromatic carbocycles. The summed E-state index contributed by atoms with van der Waals surface area (Å²) >= 11 is 5.75. The second-order valence-electron chi connectivity index (χ2n) is 3.74. The summed E-state index contributed by atoms with van der Waals surface area (Å²) in [6, 6.07) is 9.49. The average molecular weight is 279 g/mol. The predicted molar refractivity (Wildman–Crippen MR) is 69.9 cm³/mol. The van der Waals surface area contributed by atoms with Gasteiger partial charge in [0.15, 0.2) is 5.76 Å². The van der Waals surface area contributed by atoms with E-state index in [2.05, 4.69) is 10.6 Å². The van der Waals surface area contributed by atoms with E-state index in [1.165, 1.54) is 12.3 Å². The Bertz CT molecular complexity index is 564. The monoisotopic (exact) mass is 278 g/mol. The third-order valence-electron chi connectivity index (χ3n) is 2.34. The quantitative estimate of drug-likeness (QED) is 0.906. The maximum atomic E-state index is 11.5. The van der Waals surface area contributed by atoms with Crippen LogP contribution in [0.1, 0.15) is 16.1 Å². The van der Waals surface area contributed by atoms with Gasteiger partial charge in [0.05, 0.1) is 6.26 Å². The Morgan fingerprint density at radius 1 is 1.16 bits per heavy atom. The van der Waals surface area contributed by atoms with Gasteiger partial charge in [-0.15, -0.1) is 0 Å². The molecule has 98 valence electrons. The van der Waals surface area contributed by atoms with Crippen molar-refractivity contribution >= 4 is 23.5 Å². The van der Waals surface area contributed by atoms with Crippen molar-refractivity contribution in [2.24, 2.45) is 0 Å². The SMILES string of the molecule is O=C(NCc1ccc(Cl)cc1)NC(=O)c1ccco1. The van der Waals surface area contributed by atoms with E-state index < -0.39 is 11.9 Å². The highest BCUT2D eigenvalue weighted by atomic mass is 35.5. The van der Waals surface area contributed by atoms with Crippen LogP contribution in [0.4, 0.5) is 4.79 Å². The zero-order valence-corrected chi connectivity index (χ0v) is 10.6. The third kappa shape index (κ3) is 3.86. The molecule has 1 heterocycles. The fourth-order valence-corrected chi connectivity index (χ4v) is 1.53. The number of urea groups is 1. The van der Waals surface area contributed by atoms with E-state index in [-0.39, 0.29) is 5.76 Å². The highest BCUT2D eigenvalue weighted by Gasteiger charge is 2.11. The lowest BCUT2D eigenvalue weighted by molar-refractivity contribution is 0.0936. The number of imide groups is 1. The van der Waals surface area contributed by atoms with Crippen LogP contribution < -0.4 is 10.6 Å². The van der Waals surface area contributed by atoms with Crippen LogP contribution in [0.5, 0.6) is 0 Å². The zero-order chi connectivity index (χ0) is 13.7. The zero-order valence-electron chi connectivity index (χ0n) is 9.85. The molecule has 1 aromatic heterocycles. The molecular weight excluding hydrogens is 268 g/mol. The van der Waals surface area contributed by atoms with Crippen molar-refractivity contribution in [2.45, 2.75) is 6.54 Å². The lowest BCUT2D eigenvalue weighted by atomic mass is 10.2. The minimum Gasteiger partial charge on any atom is -0.459 e. The van der Waals surface area contributed by atoms with Crippen LogP contribution >= 0.6 is 11.6 Å². The van der Waals surface area contributed by atoms with Crippen LogP contribution in [0, 0.1) is 0 Å². The van der Waals surface area contributed by atoms with Crippen molar-refractivity contribution in [3.8, 4) is 0 Å². The van der Waals surface area contributed by atoms with Crippen LogP contribution in [-0.4, -0.2) is 11.9 Å². The Balaban J connectivity index is 1.82. The van der Waals surface area contributed by atoms with Gasteiger partial charge in [-0.2, -0.15) is 0 Å². The van der Waals surface area contributed by atoms with Crippen LogP contribution in [0.15, 0.2) is 47.1 Å². The summed E-state index contributed by atoms with van der Waals surface area (Å²) in [5, 5.41) is 5.34. The molecule has 0 bridgehead atoms. The van der Waals surface area contributed by atoms with E-state index in [0.29, 0.717) is 11.6 Å². The molecule has 3 amide bonds. The smallest absolute Gasteiger partial charge is 0.322 e. The number of hydrogen-bond donors (Lipinski definition) is 2. The first-order chi connectivity index (χ1) is 9.15. The van der Waals surface area contributed by atoms with E-state index in [9.17, 15) is 9.59 Å². The first-order valence-electron chi connectivity index (χ1n) is 5.52. The molecule has 0 atom stereocenters. The highest BCUT2D eigenvalue weighted by molar-refractivity contribution is 6.30. The highest BCUT2D eigenvalue weighted by Crippen LogP contribution is 2.09. The van der Waals surface area contributed by atoms with Crippen molar-refractivity contribution in [2.75, 3.05) is 0 Å². The van der Waals surface area contributed by atoms with Crippen LogP contribution in [-0.2, 0) is 6.54 Å². The van der Waals surface area contributed by atoms with Crippen molar-refractivity contribution in [3.05, 3.63) is 59.0 Å². The van der Waals surface area contributed by atoms with Crippen molar-refractivity contribution in [1.82, 2.24) is 10.6 Å². The van der Waals surface area contributed by atoms with Crippen LogP contribution in [0.25, 0.3) is 0 Å². The third-order valence-corrected chi connectivity index (χ3v) is 2.59. The Morgan fingerprint density at radius 3 is 2.53 bits per heavy atom. The molecule has 2 rings (SSSR count). The molecule has 0 radical (unpaired) electrons. The second kappa shape index (κ2) is 6.06. The van der Waals surface area contributed by atoms with Gasteiger partial charge in [-0.1, -0.05) is 23.7 Å². The summed E-state index contributed by atoms with van der Waals surface area (Å²) in [6.45, 7) is 0.300. The summed E-state index contributed by atoms with van der Waals surface area (Å²) in [6.07, 6.45) is 1.36. The number of halogens is 1. The number of benzene rings is 1. The standard InChI is InChI=1S/C13H11ClN2O3/c14-10-5-3-9(4-6-10)8-15-13(18)16-12(17)11-2-1-7-19-11/h1-7H,8H2,(H2,15,16,17,18). The second-order valence-corrected chi connectivity index (χ2v) is 4.18. The normalized spacial score (nSPS) is 9.95. The Kier molecular flexibility index (Phi) is 4.20. The van der Waals surface area contributed by atoms with Gasteiger partial charge in [-0.3, -0.25) is 10.1 Å². The number of nitrogens with one attached hydrogen (secondary N) is 2. The van der Waals surface area contributed by atoms with Gasteiger partial charge in [0.1, 0.15) is 0 Å². The maximum Gasteiger partial charge on any atom is 0.322 e. The molecule has 0 aliphatic rings. The van der Waals surface area contributed by atoms with Gasteiger partial charge in [0.25, 0.3) is 5.91 Å². The van der Waals surface area contributed by atoms with Crippen molar-refractivity contribution < 1.29 is 14.0 Å². The average Bonchev–Trinajstić information content (AvgIpc) is 2.92. The molecule has 5 nitrogen and oxygen atoms in total. The van der Waals surface area contributed by atoms with Gasteiger partial charge in [-0.05, 0) is 29.8 Å². The van der Waals surface area contributed by atoms with Gasteiger partial charge in [0, 0.05) is 11.6 Å². The number of amides is 3. The largest absolute Gasteiger partial charge is 0.459 e. The molecule has 0 aliphatic heterocycles. The molecule has 2 aromatic rings. The molecular formula is C13H11ClN2O3. The molecule has 19 heavy (non-hydrogen) atoms. The Morgan fingerprint density at radius 2 is 1.89 bits per heavy atom. The number of carbonyl (C=O) groups is 2. The van der Waals surface area contributed by atoms with Gasteiger partial charge >= 0.3 is 6.03 Å². The summed E-state index contributed by atoms with van der Waals surface area (Å²) < 4.78 is 4.87. The van der Waals surface area contributed by atoms with E-state index in [0.717, 1.165) is 5.56 Å². The van der Waals surface area contributed by atoms with E-state index in [4.69, 9.17) is 16.0 Å². The minimum atomic E-state index is -0.587. The molecule has 0 spiro atoms. The summed E-state index contributed by atoms with van der Waals surface area (Å²) in [7, 11) is 0. The van der Waals surface area contributed by atoms with Crippen LogP contribution in [0.2, 0.25) is 5.02 Å². The molecule has 6 heteroatoms. The molecule has 0 aliphatic carbocycles. The predicted octanol–water partition coefficient (Wildman–Crippen LogP) is 2.57. The summed E-state index contributed by atoms with van der Waals surface area (Å²) in [5.74, 6) is -0.500. The van der Waals surface area contributed by atoms with Gasteiger partial charge in [0.2, 0.25) is 0 Å². The topological polar surface area (TPSA) is 71.3 Å². The maximum absolute atomic E-state index is 11.5. The van der Waals surface area contributed by atoms with E-state index >= 15 is 0 Å². The Labute approximate surface area is 114 Å². The summed E-state index contributed by atoms with van der Waals surface area (Å²) in [4.78, 5) is 23.0. The number of hydrogen-bond acceptors (Lipinski definition) is 3. The minimum absolute atomic E-state index is 0.0849. The molecule has 2 N–H and O–H groups in total. The van der Waals surface area contributed by atoms with E-state index in [1.54, 1.807) is 30.3 Å². The molecule has 0 unspecified atom stereocenters. The first-order valence-corrected chi connectivity index (χ1v) is 5.90. The number of rotatable bonds is 3. The summed E-state index contributed by atoms with van der Waals surface area (Å²) in [5.41, 5.74) is 0.880. The first kappa shape index (κ1) is 13.2. The molecule has 0 saturated carbocycles. The number of carbonyl (C=O) groups excluding carboxylic acids is 2. The number of furan rings is 1. The fraction of sp³-hybridized carbons (Fsp3) is 0.0769. The molecule has 0 fully saturated rings. The Hall–Kier alpha value is -2.27. The lowest BCUT2D eigenvalue weighted by Gasteiger charge is -2.05.